The first-order chi connectivity index (χ1) is 8.63. The predicted octanol–water partition coefficient (Wildman–Crippen LogP) is 1.77. The number of hydrogen-bond acceptors (Lipinski definition) is 6. The van der Waals surface area contributed by atoms with Gasteiger partial charge in [-0.1, -0.05) is 19.0 Å². The van der Waals surface area contributed by atoms with Crippen molar-refractivity contribution in [3.8, 4) is 0 Å². The maximum Gasteiger partial charge on any atom is 0.246 e. The molecule has 0 amide bonds. The second kappa shape index (κ2) is 6.82. The SMILES string of the molecule is CCOC(CC)(CC)c1noc(C(N)COC)n1. The molecule has 1 rings (SSSR count). The Labute approximate surface area is 108 Å². The van der Waals surface area contributed by atoms with E-state index in [1.807, 2.05) is 20.8 Å². The van der Waals surface area contributed by atoms with Crippen LogP contribution < -0.4 is 5.73 Å². The number of nitrogens with zero attached hydrogens (tertiary/aromatic N) is 2. The normalized spacial score (nSPS) is 13.8. The summed E-state index contributed by atoms with van der Waals surface area (Å²) in [5.41, 5.74) is 5.37. The monoisotopic (exact) mass is 257 g/mol. The quantitative estimate of drug-likeness (QED) is 0.764. The molecule has 0 bridgehead atoms. The van der Waals surface area contributed by atoms with Gasteiger partial charge in [-0.15, -0.1) is 0 Å². The summed E-state index contributed by atoms with van der Waals surface area (Å²) in [6.45, 7) is 7.00. The maximum absolute atomic E-state index is 5.86. The largest absolute Gasteiger partial charge is 0.383 e. The topological polar surface area (TPSA) is 83.4 Å². The second-order valence-electron chi connectivity index (χ2n) is 4.15. The molecule has 1 aromatic rings. The van der Waals surface area contributed by atoms with Crippen molar-refractivity contribution in [2.24, 2.45) is 5.73 Å². The number of aromatic nitrogens is 2. The summed E-state index contributed by atoms with van der Waals surface area (Å²) in [6, 6.07) is -0.399. The molecule has 0 aliphatic carbocycles. The fraction of sp³-hybridized carbons (Fsp3) is 0.833. The molecule has 0 radical (unpaired) electrons. The molecule has 1 atom stereocenters. The molecule has 1 aromatic heterocycles. The fourth-order valence-electron chi connectivity index (χ4n) is 1.93. The van der Waals surface area contributed by atoms with Gasteiger partial charge in [-0.3, -0.25) is 0 Å². The highest BCUT2D eigenvalue weighted by Gasteiger charge is 2.35. The average Bonchev–Trinajstić information content (AvgIpc) is 2.86. The lowest BCUT2D eigenvalue weighted by atomic mass is 9.96. The Kier molecular flexibility index (Phi) is 5.71. The molecule has 1 unspecified atom stereocenters. The smallest absolute Gasteiger partial charge is 0.246 e. The third kappa shape index (κ3) is 3.07. The van der Waals surface area contributed by atoms with E-state index in [1.54, 1.807) is 7.11 Å². The van der Waals surface area contributed by atoms with E-state index in [0.717, 1.165) is 12.8 Å². The van der Waals surface area contributed by atoms with Gasteiger partial charge < -0.3 is 19.7 Å². The summed E-state index contributed by atoms with van der Waals surface area (Å²) in [6.07, 6.45) is 1.58. The molecule has 0 spiro atoms. The van der Waals surface area contributed by atoms with Crippen LogP contribution in [-0.2, 0) is 15.1 Å². The first kappa shape index (κ1) is 15.1. The Morgan fingerprint density at radius 1 is 1.33 bits per heavy atom. The van der Waals surface area contributed by atoms with Crippen LogP contribution in [0, 0.1) is 0 Å². The molecule has 0 fully saturated rings. The molecule has 0 saturated heterocycles. The molecule has 0 aliphatic rings. The molecule has 104 valence electrons. The molecular formula is C12H23N3O3. The van der Waals surface area contributed by atoms with Crippen molar-refractivity contribution in [3.63, 3.8) is 0 Å². The fourth-order valence-corrected chi connectivity index (χ4v) is 1.93. The van der Waals surface area contributed by atoms with Crippen molar-refractivity contribution < 1.29 is 14.0 Å². The predicted molar refractivity (Wildman–Crippen MR) is 67.0 cm³/mol. The lowest BCUT2D eigenvalue weighted by Crippen LogP contribution is -2.30. The van der Waals surface area contributed by atoms with Crippen molar-refractivity contribution >= 4 is 0 Å². The molecule has 0 aliphatic heterocycles. The highest BCUT2D eigenvalue weighted by molar-refractivity contribution is 5.02. The lowest BCUT2D eigenvalue weighted by Gasteiger charge is -2.27. The standard InChI is InChI=1S/C12H23N3O3/c1-5-12(6-2,17-7-3)11-14-10(18-15-11)9(13)8-16-4/h9H,5-8,13H2,1-4H3. The zero-order valence-corrected chi connectivity index (χ0v) is 11.6. The van der Waals surface area contributed by atoms with E-state index in [1.165, 1.54) is 0 Å². The molecule has 6 nitrogen and oxygen atoms in total. The number of methoxy groups -OCH3 is 1. The molecule has 0 aromatic carbocycles. The van der Waals surface area contributed by atoms with Gasteiger partial charge in [-0.2, -0.15) is 4.98 Å². The van der Waals surface area contributed by atoms with Gasteiger partial charge in [0.1, 0.15) is 11.6 Å². The number of nitrogens with two attached hydrogens (primary N) is 1. The van der Waals surface area contributed by atoms with Gasteiger partial charge in [0.2, 0.25) is 11.7 Å². The van der Waals surface area contributed by atoms with Crippen LogP contribution in [0.15, 0.2) is 4.52 Å². The van der Waals surface area contributed by atoms with E-state index < -0.39 is 11.6 Å². The Morgan fingerprint density at radius 2 is 2.00 bits per heavy atom. The lowest BCUT2D eigenvalue weighted by molar-refractivity contribution is -0.0583. The summed E-state index contributed by atoms with van der Waals surface area (Å²) in [7, 11) is 1.58. The van der Waals surface area contributed by atoms with E-state index >= 15 is 0 Å². The Bertz CT molecular complexity index is 350. The van der Waals surface area contributed by atoms with Crippen LogP contribution in [0.4, 0.5) is 0 Å². The zero-order valence-electron chi connectivity index (χ0n) is 11.6. The van der Waals surface area contributed by atoms with Gasteiger partial charge in [-0.05, 0) is 19.8 Å². The highest BCUT2D eigenvalue weighted by Crippen LogP contribution is 2.31. The number of rotatable bonds is 8. The highest BCUT2D eigenvalue weighted by atomic mass is 16.5. The van der Waals surface area contributed by atoms with Crippen LogP contribution in [0.5, 0.6) is 0 Å². The van der Waals surface area contributed by atoms with Crippen LogP contribution in [-0.4, -0.2) is 30.5 Å². The minimum atomic E-state index is -0.483. The second-order valence-corrected chi connectivity index (χ2v) is 4.15. The number of hydrogen-bond donors (Lipinski definition) is 1. The van der Waals surface area contributed by atoms with Gasteiger partial charge >= 0.3 is 0 Å². The Balaban J connectivity index is 2.93. The maximum atomic E-state index is 5.86. The first-order valence-corrected chi connectivity index (χ1v) is 6.36. The number of ether oxygens (including phenoxy) is 2. The van der Waals surface area contributed by atoms with Crippen molar-refractivity contribution in [3.05, 3.63) is 11.7 Å². The van der Waals surface area contributed by atoms with E-state index in [9.17, 15) is 0 Å². The van der Waals surface area contributed by atoms with Gasteiger partial charge in [0.05, 0.1) is 6.61 Å². The summed E-state index contributed by atoms with van der Waals surface area (Å²) < 4.78 is 16.0. The van der Waals surface area contributed by atoms with Crippen LogP contribution in [0.2, 0.25) is 0 Å². The van der Waals surface area contributed by atoms with Crippen LogP contribution in [0.25, 0.3) is 0 Å². The first-order valence-electron chi connectivity index (χ1n) is 6.36. The van der Waals surface area contributed by atoms with Gasteiger partial charge in [0.25, 0.3) is 0 Å². The van der Waals surface area contributed by atoms with Crippen molar-refractivity contribution in [2.75, 3.05) is 20.3 Å². The third-order valence-electron chi connectivity index (χ3n) is 3.08. The molecular weight excluding hydrogens is 234 g/mol. The van der Waals surface area contributed by atoms with E-state index in [2.05, 4.69) is 10.1 Å². The molecule has 2 N–H and O–H groups in total. The van der Waals surface area contributed by atoms with Gasteiger partial charge in [0, 0.05) is 13.7 Å². The minimum absolute atomic E-state index is 0.349. The van der Waals surface area contributed by atoms with Crippen LogP contribution in [0.3, 0.4) is 0 Å². The summed E-state index contributed by atoms with van der Waals surface area (Å²) in [5, 5.41) is 4.01. The summed E-state index contributed by atoms with van der Waals surface area (Å²) in [5.74, 6) is 0.953. The van der Waals surface area contributed by atoms with Crippen molar-refractivity contribution in [1.82, 2.24) is 10.1 Å². The average molecular weight is 257 g/mol. The summed E-state index contributed by atoms with van der Waals surface area (Å²) >= 11 is 0. The van der Waals surface area contributed by atoms with E-state index in [0.29, 0.717) is 24.9 Å². The van der Waals surface area contributed by atoms with Crippen LogP contribution >= 0.6 is 0 Å². The minimum Gasteiger partial charge on any atom is -0.383 e. The Morgan fingerprint density at radius 3 is 2.50 bits per heavy atom. The van der Waals surface area contributed by atoms with Crippen molar-refractivity contribution in [1.29, 1.82) is 0 Å². The molecule has 6 heteroatoms. The van der Waals surface area contributed by atoms with Crippen LogP contribution in [0.1, 0.15) is 51.4 Å². The van der Waals surface area contributed by atoms with Gasteiger partial charge in [0.15, 0.2) is 0 Å². The van der Waals surface area contributed by atoms with E-state index in [-0.39, 0.29) is 0 Å². The Hall–Kier alpha value is -0.980. The molecule has 0 saturated carbocycles. The van der Waals surface area contributed by atoms with Crippen molar-refractivity contribution in [2.45, 2.75) is 45.3 Å². The zero-order chi connectivity index (χ0) is 13.6. The van der Waals surface area contributed by atoms with E-state index in [4.69, 9.17) is 19.7 Å². The summed E-state index contributed by atoms with van der Waals surface area (Å²) in [4.78, 5) is 4.35. The molecule has 1 heterocycles. The molecule has 18 heavy (non-hydrogen) atoms. The third-order valence-corrected chi connectivity index (χ3v) is 3.08. The van der Waals surface area contributed by atoms with Gasteiger partial charge in [-0.25, -0.2) is 0 Å².